The van der Waals surface area contributed by atoms with Gasteiger partial charge in [-0.05, 0) is 17.7 Å². The number of imide groups is 1. The predicted molar refractivity (Wildman–Crippen MR) is 75.8 cm³/mol. The largest absolute Gasteiger partial charge is 0.481 e. The van der Waals surface area contributed by atoms with Crippen LogP contribution in [0.1, 0.15) is 35.2 Å². The molecule has 0 aliphatic carbocycles. The molecule has 2 rings (SSSR count). The average Bonchev–Trinajstić information content (AvgIpc) is 2.79. The first-order chi connectivity index (χ1) is 10.5. The van der Waals surface area contributed by atoms with Crippen LogP contribution in [0.5, 0.6) is 0 Å². The van der Waals surface area contributed by atoms with Gasteiger partial charge in [0.1, 0.15) is 0 Å². The third-order valence-corrected chi connectivity index (χ3v) is 3.34. The Balaban J connectivity index is 1.92. The summed E-state index contributed by atoms with van der Waals surface area (Å²) >= 11 is 0. The van der Waals surface area contributed by atoms with Gasteiger partial charge in [0.2, 0.25) is 11.8 Å². The number of carboxylic acids is 1. The maximum atomic E-state index is 11.8. The first kappa shape index (κ1) is 15.7. The molecule has 0 spiro atoms. The molecule has 3 amide bonds. The number of rotatable bonds is 6. The minimum atomic E-state index is -0.976. The van der Waals surface area contributed by atoms with Crippen LogP contribution in [-0.4, -0.2) is 40.2 Å². The van der Waals surface area contributed by atoms with Gasteiger partial charge in [0.25, 0.3) is 5.91 Å². The van der Waals surface area contributed by atoms with Crippen molar-refractivity contribution < 1.29 is 24.3 Å². The molecule has 2 N–H and O–H groups in total. The van der Waals surface area contributed by atoms with E-state index in [2.05, 4.69) is 5.32 Å². The van der Waals surface area contributed by atoms with E-state index in [0.29, 0.717) is 5.56 Å². The molecule has 1 aliphatic heterocycles. The molecule has 0 unspecified atom stereocenters. The highest BCUT2D eigenvalue weighted by Gasteiger charge is 2.28. The van der Waals surface area contributed by atoms with Crippen molar-refractivity contribution in [1.82, 2.24) is 10.2 Å². The quantitative estimate of drug-likeness (QED) is 0.747. The van der Waals surface area contributed by atoms with E-state index in [-0.39, 0.29) is 50.1 Å². The number of hydrogen-bond acceptors (Lipinski definition) is 4. The molecule has 7 heteroatoms. The first-order valence-electron chi connectivity index (χ1n) is 6.89. The fourth-order valence-electron chi connectivity index (χ4n) is 2.13. The summed E-state index contributed by atoms with van der Waals surface area (Å²) in [5, 5.41) is 11.0. The van der Waals surface area contributed by atoms with Crippen molar-refractivity contribution in [3.63, 3.8) is 0 Å². The lowest BCUT2D eigenvalue weighted by molar-refractivity contribution is -0.139. The van der Waals surface area contributed by atoms with Crippen LogP contribution in [0.4, 0.5) is 0 Å². The van der Waals surface area contributed by atoms with E-state index in [9.17, 15) is 19.2 Å². The molecule has 1 aliphatic rings. The summed E-state index contributed by atoms with van der Waals surface area (Å²) in [5.74, 6) is -1.70. The lowest BCUT2D eigenvalue weighted by Crippen LogP contribution is -2.28. The number of amides is 3. The van der Waals surface area contributed by atoms with Crippen LogP contribution in [0.3, 0.4) is 0 Å². The van der Waals surface area contributed by atoms with Crippen LogP contribution in [0.25, 0.3) is 0 Å². The van der Waals surface area contributed by atoms with Crippen LogP contribution in [-0.2, 0) is 20.9 Å². The van der Waals surface area contributed by atoms with E-state index in [1.165, 1.54) is 4.90 Å². The van der Waals surface area contributed by atoms with Crippen molar-refractivity contribution >= 4 is 23.7 Å². The molecule has 116 valence electrons. The van der Waals surface area contributed by atoms with Crippen molar-refractivity contribution in [2.24, 2.45) is 0 Å². The molecule has 1 saturated heterocycles. The second-order valence-electron chi connectivity index (χ2n) is 4.97. The Morgan fingerprint density at radius 1 is 1.09 bits per heavy atom. The Labute approximate surface area is 126 Å². The average molecular weight is 304 g/mol. The van der Waals surface area contributed by atoms with Crippen molar-refractivity contribution in [3.05, 3.63) is 35.4 Å². The molecule has 0 radical (unpaired) electrons. The summed E-state index contributed by atoms with van der Waals surface area (Å²) < 4.78 is 0. The fourth-order valence-corrected chi connectivity index (χ4v) is 2.13. The molecule has 0 atom stereocenters. The molecule has 1 fully saturated rings. The third kappa shape index (κ3) is 3.91. The Bertz CT molecular complexity index is 593. The molecule has 1 aromatic rings. The van der Waals surface area contributed by atoms with E-state index >= 15 is 0 Å². The lowest BCUT2D eigenvalue weighted by atomic mass is 10.1. The second kappa shape index (κ2) is 6.84. The summed E-state index contributed by atoms with van der Waals surface area (Å²) in [5.41, 5.74) is 1.15. The van der Waals surface area contributed by atoms with Crippen LogP contribution in [0.2, 0.25) is 0 Å². The zero-order valence-corrected chi connectivity index (χ0v) is 11.9. The highest BCUT2D eigenvalue weighted by Crippen LogP contribution is 2.16. The summed E-state index contributed by atoms with van der Waals surface area (Å²) in [7, 11) is 0. The molecular weight excluding hydrogens is 288 g/mol. The normalized spacial score (nSPS) is 14.3. The number of nitrogens with zero attached hydrogens (tertiary/aromatic N) is 1. The molecular formula is C15H16N2O5. The molecule has 22 heavy (non-hydrogen) atoms. The van der Waals surface area contributed by atoms with E-state index in [4.69, 9.17) is 5.11 Å². The molecule has 1 aromatic carbocycles. The van der Waals surface area contributed by atoms with Gasteiger partial charge < -0.3 is 10.4 Å². The third-order valence-electron chi connectivity index (χ3n) is 3.34. The monoisotopic (exact) mass is 304 g/mol. The molecule has 1 heterocycles. The van der Waals surface area contributed by atoms with Crippen molar-refractivity contribution in [1.29, 1.82) is 0 Å². The highest BCUT2D eigenvalue weighted by molar-refractivity contribution is 6.01. The first-order valence-corrected chi connectivity index (χ1v) is 6.89. The topological polar surface area (TPSA) is 104 Å². The number of benzene rings is 1. The molecule has 0 saturated carbocycles. The maximum absolute atomic E-state index is 11.8. The highest BCUT2D eigenvalue weighted by atomic mass is 16.4. The van der Waals surface area contributed by atoms with Gasteiger partial charge in [-0.25, -0.2) is 0 Å². The zero-order chi connectivity index (χ0) is 16.1. The summed E-state index contributed by atoms with van der Waals surface area (Å²) in [4.78, 5) is 46.4. The minimum Gasteiger partial charge on any atom is -0.481 e. The number of nitrogens with one attached hydrogen (secondary N) is 1. The van der Waals surface area contributed by atoms with Gasteiger partial charge in [0.05, 0.1) is 13.0 Å². The van der Waals surface area contributed by atoms with Crippen LogP contribution in [0, 0.1) is 0 Å². The van der Waals surface area contributed by atoms with Crippen molar-refractivity contribution in [2.45, 2.75) is 25.8 Å². The van der Waals surface area contributed by atoms with Crippen molar-refractivity contribution in [2.75, 3.05) is 6.54 Å². The van der Waals surface area contributed by atoms with Gasteiger partial charge in [-0.15, -0.1) is 0 Å². The number of aliphatic carboxylic acids is 1. The number of carbonyl (C=O) groups is 4. The lowest BCUT2D eigenvalue weighted by Gasteiger charge is -2.13. The van der Waals surface area contributed by atoms with Crippen LogP contribution in [0.15, 0.2) is 24.3 Å². The minimum absolute atomic E-state index is 0.0622. The number of hydrogen-bond donors (Lipinski definition) is 2. The number of carbonyl (C=O) groups excluding carboxylic acids is 3. The van der Waals surface area contributed by atoms with Gasteiger partial charge in [-0.1, -0.05) is 12.1 Å². The Morgan fingerprint density at radius 3 is 2.23 bits per heavy atom. The van der Waals surface area contributed by atoms with Gasteiger partial charge in [-0.3, -0.25) is 24.1 Å². The zero-order valence-electron chi connectivity index (χ0n) is 11.9. The van der Waals surface area contributed by atoms with Gasteiger partial charge in [0.15, 0.2) is 0 Å². The van der Waals surface area contributed by atoms with Gasteiger partial charge in [-0.2, -0.15) is 0 Å². The van der Waals surface area contributed by atoms with Gasteiger partial charge in [0, 0.05) is 24.9 Å². The van der Waals surface area contributed by atoms with E-state index in [0.717, 1.165) is 5.56 Å². The standard InChI is InChI=1S/C15H16N2O5/c18-12-5-6-13(19)17(12)9-10-1-3-11(4-2-10)15(22)16-8-7-14(20)21/h1-4H,5-9H2,(H,16,22)(H,20,21). The summed E-state index contributed by atoms with van der Waals surface area (Å²) in [6, 6.07) is 6.50. The van der Waals surface area contributed by atoms with Gasteiger partial charge >= 0.3 is 5.97 Å². The summed E-state index contributed by atoms with van der Waals surface area (Å²) in [6.45, 7) is 0.269. The second-order valence-corrected chi connectivity index (χ2v) is 4.97. The van der Waals surface area contributed by atoms with Crippen LogP contribution < -0.4 is 5.32 Å². The van der Waals surface area contributed by atoms with E-state index in [1.807, 2.05) is 0 Å². The number of carboxylic acid groups (broad SMARTS) is 1. The maximum Gasteiger partial charge on any atom is 0.305 e. The number of likely N-dealkylation sites (tertiary alicyclic amines) is 1. The Kier molecular flexibility index (Phi) is 4.88. The Morgan fingerprint density at radius 2 is 1.68 bits per heavy atom. The predicted octanol–water partition coefficient (Wildman–Crippen LogP) is 0.540. The summed E-state index contributed by atoms with van der Waals surface area (Å²) in [6.07, 6.45) is 0.370. The van der Waals surface area contributed by atoms with E-state index < -0.39 is 5.97 Å². The Hall–Kier alpha value is -2.70. The van der Waals surface area contributed by atoms with E-state index in [1.54, 1.807) is 24.3 Å². The smallest absolute Gasteiger partial charge is 0.305 e. The van der Waals surface area contributed by atoms with Crippen LogP contribution >= 0.6 is 0 Å². The van der Waals surface area contributed by atoms with Crippen molar-refractivity contribution in [3.8, 4) is 0 Å². The molecule has 7 nitrogen and oxygen atoms in total. The molecule has 0 aromatic heterocycles. The SMILES string of the molecule is O=C(O)CCNC(=O)c1ccc(CN2C(=O)CCC2=O)cc1. The molecule has 0 bridgehead atoms. The fraction of sp³-hybridized carbons (Fsp3) is 0.333.